The van der Waals surface area contributed by atoms with Crippen molar-refractivity contribution in [3.05, 3.63) is 0 Å². The normalized spacial score (nSPS) is 13.2. The number of carboxylic acid groups (broad SMARTS) is 1. The molecule has 1 atom stereocenters. The molecule has 0 radical (unpaired) electrons. The molecule has 0 spiro atoms. The van der Waals surface area contributed by atoms with Crippen molar-refractivity contribution in [2.24, 2.45) is 0 Å². The van der Waals surface area contributed by atoms with Crippen LogP contribution >= 0.6 is 0 Å². The topological polar surface area (TPSA) is 57.5 Å². The Balaban J connectivity index is 3.55. The van der Waals surface area contributed by atoms with Gasteiger partial charge in [-0.05, 0) is 19.3 Å². The summed E-state index contributed by atoms with van der Waals surface area (Å²) in [6, 6.07) is 0. The highest BCUT2D eigenvalue weighted by Gasteiger charge is 2.19. The maximum atomic E-state index is 10.5. The molecule has 4 heteroatoms. The number of quaternary nitrogens is 1. The Labute approximate surface area is 149 Å². The summed E-state index contributed by atoms with van der Waals surface area (Å²) >= 11 is 0. The van der Waals surface area contributed by atoms with E-state index in [1.54, 1.807) is 0 Å². The lowest BCUT2D eigenvalue weighted by molar-refractivity contribution is -0.893. The van der Waals surface area contributed by atoms with Gasteiger partial charge in [-0.1, -0.05) is 64.7 Å². The van der Waals surface area contributed by atoms with E-state index in [-0.39, 0.29) is 12.5 Å². The van der Waals surface area contributed by atoms with Crippen LogP contribution < -0.4 is 0 Å². The molecule has 0 amide bonds. The molecule has 0 heterocycles. The van der Waals surface area contributed by atoms with Crippen LogP contribution in [0.2, 0.25) is 0 Å². The molecule has 0 saturated carbocycles. The van der Waals surface area contributed by atoms with E-state index in [2.05, 4.69) is 21.0 Å². The largest absolute Gasteiger partial charge is 0.481 e. The lowest BCUT2D eigenvalue weighted by Crippen LogP contribution is -2.46. The van der Waals surface area contributed by atoms with Crippen molar-refractivity contribution < 1.29 is 19.5 Å². The number of unbranched alkanes of at least 4 members (excludes halogenated alkanes) is 9. The molecule has 0 aromatic rings. The first kappa shape index (κ1) is 23.4. The van der Waals surface area contributed by atoms with Gasteiger partial charge >= 0.3 is 5.97 Å². The number of likely N-dealkylation sites (N-methyl/N-ethyl adjacent to an activating group) is 1. The van der Waals surface area contributed by atoms with Gasteiger partial charge in [0, 0.05) is 6.42 Å². The Morgan fingerprint density at radius 3 is 1.96 bits per heavy atom. The van der Waals surface area contributed by atoms with Gasteiger partial charge in [-0.25, -0.2) is 0 Å². The summed E-state index contributed by atoms with van der Waals surface area (Å²) in [5.41, 5.74) is 0. The maximum absolute atomic E-state index is 10.5. The molecule has 144 valence electrons. The fourth-order valence-electron chi connectivity index (χ4n) is 3.26. The van der Waals surface area contributed by atoms with Gasteiger partial charge in [-0.3, -0.25) is 4.79 Å². The quantitative estimate of drug-likeness (QED) is 0.299. The van der Waals surface area contributed by atoms with Crippen molar-refractivity contribution in [3.63, 3.8) is 0 Å². The molecule has 0 rings (SSSR count). The molecular weight excluding hydrogens is 302 g/mol. The second-order valence-corrected chi connectivity index (χ2v) is 7.96. The van der Waals surface area contributed by atoms with Crippen LogP contribution in [0.3, 0.4) is 0 Å². The third-order valence-corrected chi connectivity index (χ3v) is 4.75. The van der Waals surface area contributed by atoms with Crippen molar-refractivity contribution in [3.8, 4) is 0 Å². The molecule has 2 N–H and O–H groups in total. The third-order valence-electron chi connectivity index (χ3n) is 4.75. The van der Waals surface area contributed by atoms with Gasteiger partial charge in [-0.2, -0.15) is 0 Å². The predicted octanol–water partition coefficient (Wildman–Crippen LogP) is 4.60. The third kappa shape index (κ3) is 16.3. The van der Waals surface area contributed by atoms with Crippen LogP contribution in [-0.4, -0.2) is 54.0 Å². The van der Waals surface area contributed by atoms with Gasteiger partial charge < -0.3 is 14.7 Å². The standard InChI is InChI=1S/C20H41NO3/c1-4-5-6-7-8-9-10-11-12-15-19(22)18-21(2,3)17-14-13-16-20(23)24/h19,22H,4-18H2,1-3H3/p+1. The minimum Gasteiger partial charge on any atom is -0.481 e. The lowest BCUT2D eigenvalue weighted by Gasteiger charge is -2.32. The smallest absolute Gasteiger partial charge is 0.303 e. The zero-order valence-electron chi connectivity index (χ0n) is 16.4. The van der Waals surface area contributed by atoms with E-state index in [9.17, 15) is 9.90 Å². The molecule has 24 heavy (non-hydrogen) atoms. The second-order valence-electron chi connectivity index (χ2n) is 7.96. The number of hydrogen-bond acceptors (Lipinski definition) is 2. The van der Waals surface area contributed by atoms with Gasteiger partial charge in [0.1, 0.15) is 12.6 Å². The first-order valence-electron chi connectivity index (χ1n) is 10.1. The highest BCUT2D eigenvalue weighted by atomic mass is 16.4. The molecule has 1 unspecified atom stereocenters. The van der Waals surface area contributed by atoms with Gasteiger partial charge in [-0.15, -0.1) is 0 Å². The van der Waals surface area contributed by atoms with E-state index in [1.807, 2.05) is 0 Å². The molecule has 0 fully saturated rings. The van der Waals surface area contributed by atoms with Gasteiger partial charge in [0.05, 0.1) is 20.6 Å². The van der Waals surface area contributed by atoms with Crippen LogP contribution in [0.4, 0.5) is 0 Å². The van der Waals surface area contributed by atoms with Crippen molar-refractivity contribution >= 4 is 5.97 Å². The molecular formula is C20H42NO3+. The van der Waals surface area contributed by atoms with Gasteiger partial charge in [0.15, 0.2) is 0 Å². The van der Waals surface area contributed by atoms with Crippen molar-refractivity contribution in [2.45, 2.75) is 96.5 Å². The highest BCUT2D eigenvalue weighted by Crippen LogP contribution is 2.13. The Hall–Kier alpha value is -0.610. The maximum Gasteiger partial charge on any atom is 0.303 e. The number of carbonyl (C=O) groups is 1. The SMILES string of the molecule is CCCCCCCCCCCC(O)C[N+](C)(C)CCCCC(=O)O. The molecule has 0 saturated heterocycles. The van der Waals surface area contributed by atoms with E-state index in [1.165, 1.54) is 51.4 Å². The first-order valence-corrected chi connectivity index (χ1v) is 10.1. The fourth-order valence-corrected chi connectivity index (χ4v) is 3.26. The Kier molecular flexibility index (Phi) is 14.3. The number of aliphatic hydroxyl groups is 1. The fraction of sp³-hybridized carbons (Fsp3) is 0.950. The van der Waals surface area contributed by atoms with Crippen LogP contribution in [0.25, 0.3) is 0 Å². The summed E-state index contributed by atoms with van der Waals surface area (Å²) in [5, 5.41) is 18.9. The number of aliphatic carboxylic acids is 1. The monoisotopic (exact) mass is 344 g/mol. The summed E-state index contributed by atoms with van der Waals surface area (Å²) in [4.78, 5) is 10.5. The average molecular weight is 345 g/mol. The number of hydrogen-bond donors (Lipinski definition) is 2. The number of nitrogens with zero attached hydrogens (tertiary/aromatic N) is 1. The van der Waals surface area contributed by atoms with Crippen LogP contribution in [0.1, 0.15) is 90.4 Å². The second kappa shape index (κ2) is 14.7. The van der Waals surface area contributed by atoms with Crippen molar-refractivity contribution in [1.82, 2.24) is 0 Å². The molecule has 0 aliphatic carbocycles. The molecule has 0 aromatic heterocycles. The summed E-state index contributed by atoms with van der Waals surface area (Å²) < 4.78 is 0.776. The van der Waals surface area contributed by atoms with Crippen LogP contribution in [-0.2, 0) is 4.79 Å². The summed E-state index contributed by atoms with van der Waals surface area (Å²) in [7, 11) is 4.25. The molecule has 4 nitrogen and oxygen atoms in total. The number of aliphatic hydroxyl groups excluding tert-OH is 1. The Morgan fingerprint density at radius 2 is 1.42 bits per heavy atom. The van der Waals surface area contributed by atoms with E-state index in [4.69, 9.17) is 5.11 Å². The van der Waals surface area contributed by atoms with E-state index >= 15 is 0 Å². The molecule has 0 bridgehead atoms. The highest BCUT2D eigenvalue weighted by molar-refractivity contribution is 5.66. The minimum atomic E-state index is -0.717. The van der Waals surface area contributed by atoms with Gasteiger partial charge in [0.2, 0.25) is 0 Å². The van der Waals surface area contributed by atoms with Crippen molar-refractivity contribution in [2.75, 3.05) is 27.2 Å². The number of carboxylic acids is 1. The molecule has 0 aliphatic heterocycles. The minimum absolute atomic E-state index is 0.232. The zero-order valence-corrected chi connectivity index (χ0v) is 16.4. The average Bonchev–Trinajstić information content (AvgIpc) is 2.49. The number of rotatable bonds is 17. The molecule has 0 aliphatic rings. The predicted molar refractivity (Wildman–Crippen MR) is 101 cm³/mol. The van der Waals surface area contributed by atoms with E-state index in [0.29, 0.717) is 0 Å². The van der Waals surface area contributed by atoms with Crippen LogP contribution in [0.15, 0.2) is 0 Å². The van der Waals surface area contributed by atoms with E-state index < -0.39 is 5.97 Å². The van der Waals surface area contributed by atoms with Crippen LogP contribution in [0, 0.1) is 0 Å². The Morgan fingerprint density at radius 1 is 0.875 bits per heavy atom. The first-order chi connectivity index (χ1) is 11.4. The van der Waals surface area contributed by atoms with E-state index in [0.717, 1.165) is 43.3 Å². The Bertz CT molecular complexity index is 305. The lowest BCUT2D eigenvalue weighted by atomic mass is 10.0. The summed E-state index contributed by atoms with van der Waals surface area (Å²) in [6.07, 6.45) is 14.3. The van der Waals surface area contributed by atoms with Crippen LogP contribution in [0.5, 0.6) is 0 Å². The summed E-state index contributed by atoms with van der Waals surface area (Å²) in [5.74, 6) is -0.717. The molecule has 0 aromatic carbocycles. The zero-order chi connectivity index (χ0) is 18.3. The van der Waals surface area contributed by atoms with Gasteiger partial charge in [0.25, 0.3) is 0 Å². The summed E-state index contributed by atoms with van der Waals surface area (Å²) in [6.45, 7) is 3.95. The van der Waals surface area contributed by atoms with Crippen molar-refractivity contribution in [1.29, 1.82) is 0 Å².